The number of nitrogens with zero attached hydrogens (tertiary/aromatic N) is 3. The molecule has 7 heteroatoms. The number of benzene rings is 1. The van der Waals surface area contributed by atoms with Crippen LogP contribution in [0.4, 0.5) is 0 Å². The molecule has 0 N–H and O–H groups in total. The fourth-order valence-electron chi connectivity index (χ4n) is 5.18. The molecule has 3 aliphatic rings. The Bertz CT molecular complexity index is 1020. The molecule has 0 unspecified atom stereocenters. The van der Waals surface area contributed by atoms with Gasteiger partial charge in [0, 0.05) is 51.6 Å². The molecule has 3 amide bonds. The summed E-state index contributed by atoms with van der Waals surface area (Å²) in [5.74, 6) is -0.333. The maximum absolute atomic E-state index is 13.6. The van der Waals surface area contributed by atoms with Crippen LogP contribution in [0.3, 0.4) is 0 Å². The van der Waals surface area contributed by atoms with Crippen molar-refractivity contribution < 1.29 is 14.4 Å². The van der Waals surface area contributed by atoms with Gasteiger partial charge in [0.05, 0.1) is 5.41 Å². The van der Waals surface area contributed by atoms with E-state index in [-0.39, 0.29) is 36.6 Å². The summed E-state index contributed by atoms with van der Waals surface area (Å²) in [6, 6.07) is 9.88. The van der Waals surface area contributed by atoms with Gasteiger partial charge in [0.25, 0.3) is 0 Å². The number of hydrogen-bond acceptors (Lipinski definition) is 5. The predicted octanol–water partition coefficient (Wildman–Crippen LogP) is 2.95. The molecule has 1 aromatic carbocycles. The van der Waals surface area contributed by atoms with Crippen LogP contribution in [-0.4, -0.2) is 64.6 Å². The van der Waals surface area contributed by atoms with E-state index in [0.717, 1.165) is 43.6 Å². The van der Waals surface area contributed by atoms with Crippen LogP contribution in [-0.2, 0) is 26.3 Å². The molecular formula is C25H29N3O3S. The van der Waals surface area contributed by atoms with Crippen LogP contribution in [0.5, 0.6) is 0 Å². The van der Waals surface area contributed by atoms with Crippen molar-refractivity contribution >= 4 is 29.1 Å². The van der Waals surface area contributed by atoms with Crippen LogP contribution in [0, 0.1) is 6.92 Å². The lowest BCUT2D eigenvalue weighted by molar-refractivity contribution is -0.143. The van der Waals surface area contributed by atoms with Crippen LogP contribution < -0.4 is 0 Å². The lowest BCUT2D eigenvalue weighted by atomic mass is 9.74. The molecule has 2 aliphatic heterocycles. The van der Waals surface area contributed by atoms with Gasteiger partial charge in [-0.05, 0) is 53.3 Å². The van der Waals surface area contributed by atoms with Gasteiger partial charge in [-0.25, -0.2) is 0 Å². The Morgan fingerprint density at radius 1 is 1.09 bits per heavy atom. The van der Waals surface area contributed by atoms with Crippen molar-refractivity contribution in [3.63, 3.8) is 0 Å². The number of amides is 3. The van der Waals surface area contributed by atoms with Crippen LogP contribution >= 0.6 is 11.3 Å². The summed E-state index contributed by atoms with van der Waals surface area (Å²) in [4.78, 5) is 45.7. The van der Waals surface area contributed by atoms with E-state index >= 15 is 0 Å². The normalized spacial score (nSPS) is 24.4. The van der Waals surface area contributed by atoms with E-state index < -0.39 is 5.41 Å². The molecule has 0 radical (unpaired) electrons. The van der Waals surface area contributed by atoms with Crippen molar-refractivity contribution in [3.8, 4) is 0 Å². The monoisotopic (exact) mass is 451 g/mol. The van der Waals surface area contributed by atoms with E-state index in [9.17, 15) is 14.4 Å². The Labute approximate surface area is 192 Å². The number of carbonyl (C=O) groups is 3. The number of rotatable bonds is 6. The average Bonchev–Trinajstić information content (AvgIpc) is 3.41. The largest absolute Gasteiger partial charge is 0.340 e. The van der Waals surface area contributed by atoms with E-state index in [0.29, 0.717) is 13.1 Å². The predicted molar refractivity (Wildman–Crippen MR) is 123 cm³/mol. The quantitative estimate of drug-likeness (QED) is 0.634. The molecule has 1 saturated carbocycles. The first-order chi connectivity index (χ1) is 15.5. The van der Waals surface area contributed by atoms with Crippen LogP contribution in [0.1, 0.15) is 42.4 Å². The standard InChI is InChI=1S/C25H29N3O3S/c1-18-4-2-3-5-21(18)25(15-23(30)28(24(25)31)20-6-7-20)14-22(29)27-11-9-26(10-12-27)16-19-8-13-32-17-19/h2-5,8,13,17,20H,6-7,9-12,14-16H2,1H3/t25-/m1/s1. The second kappa shape index (κ2) is 8.45. The topological polar surface area (TPSA) is 60.9 Å². The molecule has 2 saturated heterocycles. The van der Waals surface area contributed by atoms with Gasteiger partial charge in [0.1, 0.15) is 0 Å². The Morgan fingerprint density at radius 2 is 1.84 bits per heavy atom. The molecule has 1 aliphatic carbocycles. The zero-order chi connectivity index (χ0) is 22.3. The fraction of sp³-hybridized carbons (Fsp3) is 0.480. The molecular weight excluding hydrogens is 422 g/mol. The summed E-state index contributed by atoms with van der Waals surface area (Å²) >= 11 is 1.70. The molecule has 0 bridgehead atoms. The second-order valence-electron chi connectivity index (χ2n) is 9.34. The van der Waals surface area contributed by atoms with E-state index in [1.54, 1.807) is 11.3 Å². The lowest BCUT2D eigenvalue weighted by Crippen LogP contribution is -2.50. The molecule has 1 atom stereocenters. The van der Waals surface area contributed by atoms with Gasteiger partial charge in [-0.1, -0.05) is 24.3 Å². The van der Waals surface area contributed by atoms with Gasteiger partial charge in [-0.2, -0.15) is 11.3 Å². The number of likely N-dealkylation sites (tertiary alicyclic amines) is 1. The molecule has 168 valence electrons. The minimum absolute atomic E-state index is 0.0247. The van der Waals surface area contributed by atoms with Gasteiger partial charge < -0.3 is 4.90 Å². The number of hydrogen-bond donors (Lipinski definition) is 0. The van der Waals surface area contributed by atoms with Gasteiger partial charge in [0.2, 0.25) is 17.7 Å². The van der Waals surface area contributed by atoms with E-state index in [2.05, 4.69) is 21.7 Å². The van der Waals surface area contributed by atoms with Gasteiger partial charge in [0.15, 0.2) is 0 Å². The highest BCUT2D eigenvalue weighted by Gasteiger charge is 2.57. The highest BCUT2D eigenvalue weighted by Crippen LogP contribution is 2.45. The molecule has 5 rings (SSSR count). The third kappa shape index (κ3) is 3.88. The summed E-state index contributed by atoms with van der Waals surface area (Å²) in [6.07, 6.45) is 1.91. The Kier molecular flexibility index (Phi) is 5.63. The number of thiophene rings is 1. The van der Waals surface area contributed by atoms with Gasteiger partial charge in [-0.15, -0.1) is 0 Å². The highest BCUT2D eigenvalue weighted by atomic mass is 32.1. The summed E-state index contributed by atoms with van der Waals surface area (Å²) in [7, 11) is 0. The average molecular weight is 452 g/mol. The van der Waals surface area contributed by atoms with Crippen molar-refractivity contribution in [2.45, 2.75) is 50.6 Å². The minimum atomic E-state index is -1.07. The Hall–Kier alpha value is -2.51. The summed E-state index contributed by atoms with van der Waals surface area (Å²) in [5, 5.41) is 4.25. The number of aryl methyl sites for hydroxylation is 1. The molecule has 3 heterocycles. The third-order valence-electron chi connectivity index (χ3n) is 7.09. The second-order valence-corrected chi connectivity index (χ2v) is 10.1. The molecule has 0 spiro atoms. The van der Waals surface area contributed by atoms with E-state index in [1.165, 1.54) is 10.5 Å². The summed E-state index contributed by atoms with van der Waals surface area (Å²) < 4.78 is 0. The lowest BCUT2D eigenvalue weighted by Gasteiger charge is -2.37. The van der Waals surface area contributed by atoms with Crippen LogP contribution in [0.2, 0.25) is 0 Å². The van der Waals surface area contributed by atoms with Crippen LogP contribution in [0.25, 0.3) is 0 Å². The Morgan fingerprint density at radius 3 is 2.50 bits per heavy atom. The maximum atomic E-state index is 13.6. The number of piperazine rings is 1. The molecule has 6 nitrogen and oxygen atoms in total. The van der Waals surface area contributed by atoms with Crippen molar-refractivity contribution in [1.29, 1.82) is 0 Å². The van der Waals surface area contributed by atoms with Gasteiger partial charge in [-0.3, -0.25) is 24.2 Å². The Balaban J connectivity index is 1.33. The maximum Gasteiger partial charge on any atom is 0.241 e. The van der Waals surface area contributed by atoms with Crippen molar-refractivity contribution in [2.24, 2.45) is 0 Å². The number of carbonyl (C=O) groups excluding carboxylic acids is 3. The third-order valence-corrected chi connectivity index (χ3v) is 7.82. The number of imide groups is 1. The first-order valence-corrected chi connectivity index (χ1v) is 12.4. The first kappa shape index (κ1) is 21.3. The smallest absolute Gasteiger partial charge is 0.241 e. The van der Waals surface area contributed by atoms with E-state index in [1.807, 2.05) is 36.1 Å². The molecule has 3 fully saturated rings. The van der Waals surface area contributed by atoms with Crippen LogP contribution in [0.15, 0.2) is 41.1 Å². The summed E-state index contributed by atoms with van der Waals surface area (Å²) in [5.41, 5.74) is 2.02. The molecule has 32 heavy (non-hydrogen) atoms. The molecule has 2 aromatic rings. The zero-order valence-electron chi connectivity index (χ0n) is 18.5. The zero-order valence-corrected chi connectivity index (χ0v) is 19.3. The SMILES string of the molecule is Cc1ccccc1[C@@]1(CC(=O)N2CCN(Cc3ccsc3)CC2)CC(=O)N(C2CC2)C1=O. The van der Waals surface area contributed by atoms with Crippen molar-refractivity contribution in [2.75, 3.05) is 26.2 Å². The minimum Gasteiger partial charge on any atom is -0.340 e. The summed E-state index contributed by atoms with van der Waals surface area (Å²) in [6.45, 7) is 5.81. The van der Waals surface area contributed by atoms with Crippen molar-refractivity contribution in [1.82, 2.24) is 14.7 Å². The first-order valence-electron chi connectivity index (χ1n) is 11.4. The van der Waals surface area contributed by atoms with Gasteiger partial charge >= 0.3 is 0 Å². The van der Waals surface area contributed by atoms with Crippen molar-refractivity contribution in [3.05, 3.63) is 57.8 Å². The molecule has 1 aromatic heterocycles. The fourth-order valence-corrected chi connectivity index (χ4v) is 5.84. The highest BCUT2D eigenvalue weighted by molar-refractivity contribution is 7.07. The van der Waals surface area contributed by atoms with E-state index in [4.69, 9.17) is 0 Å².